The summed E-state index contributed by atoms with van der Waals surface area (Å²) in [5.41, 5.74) is 1.80. The minimum absolute atomic E-state index is 0.411. The lowest BCUT2D eigenvalue weighted by atomic mass is 9.87. The van der Waals surface area contributed by atoms with Crippen LogP contribution in [0.5, 0.6) is 0 Å². The number of aliphatic imine (C=N–C) groups is 1. The maximum absolute atomic E-state index is 4.69. The standard InChI is InChI=1S/C16H22N2S/c1-16(2)10-6-9-14(16)18-15-17-11-13(19-15)12-7-4-3-5-8-12/h3-5,7-8,13-14H,6,9-11H2,1-2H3,(H,17,18). The van der Waals surface area contributed by atoms with Crippen LogP contribution >= 0.6 is 11.8 Å². The molecule has 2 unspecified atom stereocenters. The summed E-state index contributed by atoms with van der Waals surface area (Å²) < 4.78 is 0. The number of amidine groups is 1. The zero-order chi connectivity index (χ0) is 13.3. The lowest BCUT2D eigenvalue weighted by Gasteiger charge is -2.28. The third-order valence-electron chi connectivity index (χ3n) is 4.38. The normalized spacial score (nSPS) is 29.3. The maximum atomic E-state index is 4.69. The molecule has 1 heterocycles. The molecule has 102 valence electrons. The Morgan fingerprint density at radius 3 is 2.74 bits per heavy atom. The van der Waals surface area contributed by atoms with Gasteiger partial charge in [0.15, 0.2) is 5.17 Å². The van der Waals surface area contributed by atoms with Crippen molar-refractivity contribution in [3.63, 3.8) is 0 Å². The van der Waals surface area contributed by atoms with Gasteiger partial charge in [-0.1, -0.05) is 62.4 Å². The average Bonchev–Trinajstić information content (AvgIpc) is 2.99. The van der Waals surface area contributed by atoms with E-state index in [1.807, 2.05) is 11.8 Å². The first-order valence-electron chi connectivity index (χ1n) is 7.18. The first-order valence-corrected chi connectivity index (χ1v) is 8.06. The quantitative estimate of drug-likeness (QED) is 0.881. The van der Waals surface area contributed by atoms with Crippen LogP contribution in [0.2, 0.25) is 0 Å². The van der Waals surface area contributed by atoms with Gasteiger partial charge in [-0.25, -0.2) is 0 Å². The molecule has 0 aromatic heterocycles. The summed E-state index contributed by atoms with van der Waals surface area (Å²) in [5.74, 6) is 0. The summed E-state index contributed by atoms with van der Waals surface area (Å²) in [7, 11) is 0. The SMILES string of the molecule is CC1(C)CCCC1NC1=NCC(c2ccccc2)S1. The van der Waals surface area contributed by atoms with Crippen molar-refractivity contribution in [3.05, 3.63) is 35.9 Å². The van der Waals surface area contributed by atoms with Gasteiger partial charge in [-0.15, -0.1) is 0 Å². The molecule has 1 aliphatic carbocycles. The molecular formula is C16H22N2S. The molecule has 1 aromatic rings. The molecule has 1 aromatic carbocycles. The molecule has 0 amide bonds. The van der Waals surface area contributed by atoms with Crippen molar-refractivity contribution in [1.29, 1.82) is 0 Å². The van der Waals surface area contributed by atoms with E-state index in [-0.39, 0.29) is 0 Å². The van der Waals surface area contributed by atoms with Crippen LogP contribution in [0.15, 0.2) is 35.3 Å². The van der Waals surface area contributed by atoms with Crippen molar-refractivity contribution < 1.29 is 0 Å². The van der Waals surface area contributed by atoms with E-state index in [0.717, 1.165) is 11.7 Å². The van der Waals surface area contributed by atoms with Crippen molar-refractivity contribution >= 4 is 16.9 Å². The number of nitrogens with one attached hydrogen (secondary N) is 1. The van der Waals surface area contributed by atoms with Crippen LogP contribution < -0.4 is 5.32 Å². The van der Waals surface area contributed by atoms with Gasteiger partial charge in [-0.05, 0) is 23.8 Å². The van der Waals surface area contributed by atoms with E-state index in [9.17, 15) is 0 Å². The molecule has 0 spiro atoms. The van der Waals surface area contributed by atoms with Crippen LogP contribution in [-0.4, -0.2) is 17.8 Å². The van der Waals surface area contributed by atoms with Crippen molar-refractivity contribution in [1.82, 2.24) is 5.32 Å². The molecule has 1 aliphatic heterocycles. The first kappa shape index (κ1) is 13.0. The average molecular weight is 274 g/mol. The predicted molar refractivity (Wildman–Crippen MR) is 83.6 cm³/mol. The van der Waals surface area contributed by atoms with Gasteiger partial charge >= 0.3 is 0 Å². The van der Waals surface area contributed by atoms with Gasteiger partial charge in [-0.2, -0.15) is 0 Å². The van der Waals surface area contributed by atoms with Crippen LogP contribution in [0.25, 0.3) is 0 Å². The Morgan fingerprint density at radius 1 is 1.26 bits per heavy atom. The number of benzene rings is 1. The zero-order valence-electron chi connectivity index (χ0n) is 11.7. The summed E-state index contributed by atoms with van der Waals surface area (Å²) in [6.45, 7) is 5.64. The van der Waals surface area contributed by atoms with Crippen molar-refractivity contribution in [3.8, 4) is 0 Å². The van der Waals surface area contributed by atoms with Crippen LogP contribution in [0.3, 0.4) is 0 Å². The smallest absolute Gasteiger partial charge is 0.157 e. The fraction of sp³-hybridized carbons (Fsp3) is 0.562. The van der Waals surface area contributed by atoms with E-state index in [1.165, 1.54) is 24.8 Å². The van der Waals surface area contributed by atoms with Gasteiger partial charge in [0.05, 0.1) is 11.8 Å². The molecule has 3 heteroatoms. The fourth-order valence-corrected chi connectivity index (χ4v) is 4.11. The van der Waals surface area contributed by atoms with Gasteiger partial charge in [0.2, 0.25) is 0 Å². The number of hydrogen-bond donors (Lipinski definition) is 1. The topological polar surface area (TPSA) is 24.4 Å². The second kappa shape index (κ2) is 5.20. The Labute approximate surface area is 120 Å². The summed E-state index contributed by atoms with van der Waals surface area (Å²) >= 11 is 1.89. The highest BCUT2D eigenvalue weighted by Crippen LogP contribution is 2.39. The van der Waals surface area contributed by atoms with E-state index in [2.05, 4.69) is 49.5 Å². The number of rotatable bonds is 2. The molecule has 1 N–H and O–H groups in total. The van der Waals surface area contributed by atoms with E-state index < -0.39 is 0 Å². The lowest BCUT2D eigenvalue weighted by Crippen LogP contribution is -2.39. The lowest BCUT2D eigenvalue weighted by molar-refractivity contribution is 0.312. The Morgan fingerprint density at radius 2 is 2.05 bits per heavy atom. The molecule has 2 atom stereocenters. The first-order chi connectivity index (χ1) is 9.15. The summed E-state index contributed by atoms with van der Waals surface area (Å²) in [5, 5.41) is 5.32. The highest BCUT2D eigenvalue weighted by Gasteiger charge is 2.36. The second-order valence-corrected chi connectivity index (χ2v) is 7.43. The summed E-state index contributed by atoms with van der Waals surface area (Å²) in [6, 6.07) is 11.3. The minimum Gasteiger partial charge on any atom is -0.362 e. The molecule has 2 aliphatic rings. The van der Waals surface area contributed by atoms with Crippen LogP contribution in [-0.2, 0) is 0 Å². The number of nitrogens with zero attached hydrogens (tertiary/aromatic N) is 1. The van der Waals surface area contributed by atoms with E-state index in [0.29, 0.717) is 16.7 Å². The van der Waals surface area contributed by atoms with Gasteiger partial charge in [0.25, 0.3) is 0 Å². The Hall–Kier alpha value is -0.960. The van der Waals surface area contributed by atoms with Crippen LogP contribution in [0.4, 0.5) is 0 Å². The highest BCUT2D eigenvalue weighted by atomic mass is 32.2. The van der Waals surface area contributed by atoms with Crippen molar-refractivity contribution in [2.75, 3.05) is 6.54 Å². The molecule has 0 radical (unpaired) electrons. The molecule has 19 heavy (non-hydrogen) atoms. The molecule has 0 bridgehead atoms. The Kier molecular flexibility index (Phi) is 3.57. The largest absolute Gasteiger partial charge is 0.362 e. The monoisotopic (exact) mass is 274 g/mol. The minimum atomic E-state index is 0.411. The van der Waals surface area contributed by atoms with Gasteiger partial charge in [0, 0.05) is 6.04 Å². The van der Waals surface area contributed by atoms with Gasteiger partial charge in [0.1, 0.15) is 0 Å². The molecular weight excluding hydrogens is 252 g/mol. The molecule has 0 saturated heterocycles. The number of hydrogen-bond acceptors (Lipinski definition) is 3. The van der Waals surface area contributed by atoms with E-state index >= 15 is 0 Å². The predicted octanol–water partition coefficient (Wildman–Crippen LogP) is 4.00. The van der Waals surface area contributed by atoms with Crippen molar-refractivity contribution in [2.24, 2.45) is 10.4 Å². The van der Waals surface area contributed by atoms with E-state index in [4.69, 9.17) is 4.99 Å². The zero-order valence-corrected chi connectivity index (χ0v) is 12.5. The van der Waals surface area contributed by atoms with Gasteiger partial charge in [-0.3, -0.25) is 4.99 Å². The van der Waals surface area contributed by atoms with Gasteiger partial charge < -0.3 is 5.32 Å². The van der Waals surface area contributed by atoms with Crippen molar-refractivity contribution in [2.45, 2.75) is 44.4 Å². The van der Waals surface area contributed by atoms with Crippen LogP contribution in [0, 0.1) is 5.41 Å². The Bertz CT molecular complexity index is 467. The third kappa shape index (κ3) is 2.81. The van der Waals surface area contributed by atoms with Crippen LogP contribution in [0.1, 0.15) is 43.9 Å². The van der Waals surface area contributed by atoms with E-state index in [1.54, 1.807) is 0 Å². The second-order valence-electron chi connectivity index (χ2n) is 6.24. The third-order valence-corrected chi connectivity index (χ3v) is 5.56. The Balaban J connectivity index is 1.60. The summed E-state index contributed by atoms with van der Waals surface area (Å²) in [6.07, 6.45) is 3.94. The molecule has 3 rings (SSSR count). The molecule has 1 fully saturated rings. The fourth-order valence-electron chi connectivity index (χ4n) is 3.04. The highest BCUT2D eigenvalue weighted by molar-refractivity contribution is 8.14. The molecule has 1 saturated carbocycles. The maximum Gasteiger partial charge on any atom is 0.157 e. The number of thioether (sulfide) groups is 1. The molecule has 2 nitrogen and oxygen atoms in total. The summed E-state index contributed by atoms with van der Waals surface area (Å²) in [4.78, 5) is 4.69.